The highest BCUT2D eigenvalue weighted by Gasteiger charge is 2.81. The minimum absolute atomic E-state index is 0.666. The van der Waals surface area contributed by atoms with E-state index in [-0.39, 0.29) is 0 Å². The third-order valence-electron chi connectivity index (χ3n) is 3.40. The molecule has 1 heterocycles. The topological polar surface area (TPSA) is 216 Å². The van der Waals surface area contributed by atoms with Gasteiger partial charge in [-0.1, -0.05) is 0 Å². The van der Waals surface area contributed by atoms with Crippen molar-refractivity contribution in [2.75, 3.05) is 0 Å². The summed E-state index contributed by atoms with van der Waals surface area (Å²) in [6.45, 7) is 2.88. The summed E-state index contributed by atoms with van der Waals surface area (Å²) in [6.07, 6.45) is -7.91. The van der Waals surface area contributed by atoms with E-state index in [1.165, 1.54) is 0 Å². The molecule has 1 aliphatic rings. The van der Waals surface area contributed by atoms with Gasteiger partial charge in [0.05, 0.1) is 0 Å². The largest absolute Gasteiger partial charge is 0.433 e. The monoisotopic (exact) mass is 412 g/mol. The maximum atomic E-state index is 11.5. The van der Waals surface area contributed by atoms with Gasteiger partial charge >= 0.3 is 41.2 Å². The van der Waals surface area contributed by atoms with E-state index in [1.807, 2.05) is 0 Å². The van der Waals surface area contributed by atoms with Gasteiger partial charge in [0.25, 0.3) is 0 Å². The van der Waals surface area contributed by atoms with Crippen molar-refractivity contribution < 1.29 is 68.4 Å². The molecule has 160 valence electrons. The minimum atomic E-state index is -3.97. The molecule has 0 radical (unpaired) electrons. The SMILES string of the molecule is CC(=O)OC(O)[C@H]1O[C@@H](O)[C@](O)(OC(C)=O)[C@](O)(OC(C)=O)[C@]1(O)OC(C)=O. The van der Waals surface area contributed by atoms with Crippen LogP contribution in [0.3, 0.4) is 0 Å². The second kappa shape index (κ2) is 7.94. The molecule has 0 aromatic heterocycles. The molecular formula is C14H20O14. The maximum Gasteiger partial charge on any atom is 0.352 e. The van der Waals surface area contributed by atoms with Crippen LogP contribution in [-0.2, 0) is 42.9 Å². The van der Waals surface area contributed by atoms with Gasteiger partial charge in [-0.15, -0.1) is 0 Å². The van der Waals surface area contributed by atoms with E-state index in [0.29, 0.717) is 20.8 Å². The fourth-order valence-electron chi connectivity index (χ4n) is 2.47. The summed E-state index contributed by atoms with van der Waals surface area (Å²) in [7, 11) is 0. The van der Waals surface area contributed by atoms with Crippen LogP contribution in [0.1, 0.15) is 27.7 Å². The van der Waals surface area contributed by atoms with Crippen LogP contribution in [0.15, 0.2) is 0 Å². The Bertz CT molecular complexity index is 662. The van der Waals surface area contributed by atoms with Crippen molar-refractivity contribution in [1.82, 2.24) is 0 Å². The first-order valence-corrected chi connectivity index (χ1v) is 7.55. The minimum Gasteiger partial charge on any atom is -0.433 e. The summed E-state index contributed by atoms with van der Waals surface area (Å²) in [5.41, 5.74) is 0. The van der Waals surface area contributed by atoms with Crippen LogP contribution in [0.4, 0.5) is 0 Å². The number of esters is 4. The Morgan fingerprint density at radius 3 is 1.64 bits per heavy atom. The van der Waals surface area contributed by atoms with Gasteiger partial charge in [-0.25, -0.2) is 0 Å². The Labute approximate surface area is 157 Å². The highest BCUT2D eigenvalue weighted by Crippen LogP contribution is 2.47. The second-order valence-corrected chi connectivity index (χ2v) is 5.73. The van der Waals surface area contributed by atoms with Crippen molar-refractivity contribution in [3.8, 4) is 0 Å². The van der Waals surface area contributed by atoms with Gasteiger partial charge in [-0.3, -0.25) is 19.2 Å². The quantitative estimate of drug-likeness (QED) is 0.167. The average molecular weight is 412 g/mol. The molecule has 1 fully saturated rings. The van der Waals surface area contributed by atoms with E-state index >= 15 is 0 Å². The summed E-state index contributed by atoms with van der Waals surface area (Å²) in [4.78, 5) is 45.3. The predicted molar refractivity (Wildman–Crippen MR) is 78.8 cm³/mol. The average Bonchev–Trinajstić information content (AvgIpc) is 2.47. The van der Waals surface area contributed by atoms with Crippen LogP contribution in [-0.4, -0.2) is 85.5 Å². The number of rotatable bonds is 5. The molecule has 0 saturated carbocycles. The van der Waals surface area contributed by atoms with Gasteiger partial charge in [0.2, 0.25) is 12.6 Å². The third-order valence-corrected chi connectivity index (χ3v) is 3.40. The standard InChI is InChI=1S/C14H20O14/c1-5(15)24-10(19)9-12(21,26-6(2)16)14(23,28-8(4)18)13(22,11(20)25-9)27-7(3)17/h9-11,19-23H,1-4H3/t9-,10?,11-,12-,13+,14-/m1/s1. The van der Waals surface area contributed by atoms with Gasteiger partial charge in [-0.05, 0) is 0 Å². The molecule has 1 rings (SSSR count). The lowest BCUT2D eigenvalue weighted by molar-refractivity contribution is -0.538. The molecule has 1 saturated heterocycles. The third kappa shape index (κ3) is 4.06. The van der Waals surface area contributed by atoms with E-state index in [1.54, 1.807) is 0 Å². The molecular weight excluding hydrogens is 392 g/mol. The molecule has 0 aromatic carbocycles. The zero-order valence-corrected chi connectivity index (χ0v) is 15.1. The van der Waals surface area contributed by atoms with Crippen LogP contribution in [0.5, 0.6) is 0 Å². The van der Waals surface area contributed by atoms with Crippen molar-refractivity contribution in [2.45, 2.75) is 63.7 Å². The molecule has 28 heavy (non-hydrogen) atoms. The predicted octanol–water partition coefficient (Wildman–Crippen LogP) is -3.66. The van der Waals surface area contributed by atoms with E-state index in [0.717, 1.165) is 6.92 Å². The normalized spacial score (nSPS) is 36.0. The number of aliphatic hydroxyl groups excluding tert-OH is 2. The first-order chi connectivity index (χ1) is 12.6. The molecule has 0 aliphatic carbocycles. The van der Waals surface area contributed by atoms with E-state index in [9.17, 15) is 44.7 Å². The summed E-state index contributed by atoms with van der Waals surface area (Å²) in [5.74, 6) is -16.8. The fourth-order valence-corrected chi connectivity index (χ4v) is 2.47. The molecule has 14 nitrogen and oxygen atoms in total. The van der Waals surface area contributed by atoms with E-state index < -0.39 is 59.9 Å². The smallest absolute Gasteiger partial charge is 0.352 e. The Morgan fingerprint density at radius 1 is 0.821 bits per heavy atom. The number of ether oxygens (including phenoxy) is 5. The molecule has 14 heteroatoms. The maximum absolute atomic E-state index is 11.5. The number of hydrogen-bond acceptors (Lipinski definition) is 14. The number of carbonyl (C=O) groups is 4. The van der Waals surface area contributed by atoms with E-state index in [4.69, 9.17) is 0 Å². The van der Waals surface area contributed by atoms with Crippen LogP contribution in [0.2, 0.25) is 0 Å². The van der Waals surface area contributed by atoms with Crippen molar-refractivity contribution in [3.63, 3.8) is 0 Å². The molecule has 6 atom stereocenters. The number of carbonyl (C=O) groups excluding carboxylic acids is 4. The highest BCUT2D eigenvalue weighted by atomic mass is 16.8. The van der Waals surface area contributed by atoms with Crippen LogP contribution >= 0.6 is 0 Å². The molecule has 0 aromatic rings. The lowest BCUT2D eigenvalue weighted by atomic mass is 9.86. The Hall–Kier alpha value is -2.36. The van der Waals surface area contributed by atoms with Gasteiger partial charge < -0.3 is 49.2 Å². The van der Waals surface area contributed by atoms with Gasteiger partial charge in [0, 0.05) is 27.7 Å². The zero-order valence-electron chi connectivity index (χ0n) is 15.1. The van der Waals surface area contributed by atoms with Crippen molar-refractivity contribution in [1.29, 1.82) is 0 Å². The lowest BCUT2D eigenvalue weighted by Crippen LogP contribution is -2.84. The Morgan fingerprint density at radius 2 is 1.25 bits per heavy atom. The zero-order chi connectivity index (χ0) is 22.1. The van der Waals surface area contributed by atoms with Crippen LogP contribution in [0, 0.1) is 0 Å². The molecule has 0 amide bonds. The lowest BCUT2D eigenvalue weighted by Gasteiger charge is -2.55. The van der Waals surface area contributed by atoms with E-state index in [2.05, 4.69) is 23.7 Å². The number of aliphatic hydroxyl groups is 5. The summed E-state index contributed by atoms with van der Waals surface area (Å²) in [5, 5.41) is 52.1. The molecule has 0 spiro atoms. The first kappa shape index (κ1) is 23.7. The summed E-state index contributed by atoms with van der Waals surface area (Å²) in [6, 6.07) is 0. The summed E-state index contributed by atoms with van der Waals surface area (Å²) >= 11 is 0. The summed E-state index contributed by atoms with van der Waals surface area (Å²) < 4.78 is 22.3. The van der Waals surface area contributed by atoms with Gasteiger partial charge in [0.1, 0.15) is 0 Å². The van der Waals surface area contributed by atoms with Gasteiger partial charge in [0.15, 0.2) is 6.10 Å². The Balaban J connectivity index is 3.71. The van der Waals surface area contributed by atoms with Crippen molar-refractivity contribution in [3.05, 3.63) is 0 Å². The second-order valence-electron chi connectivity index (χ2n) is 5.73. The molecule has 1 unspecified atom stereocenters. The van der Waals surface area contributed by atoms with Gasteiger partial charge in [-0.2, -0.15) is 0 Å². The Kier molecular flexibility index (Phi) is 6.72. The molecule has 5 N–H and O–H groups in total. The van der Waals surface area contributed by atoms with Crippen LogP contribution in [0.25, 0.3) is 0 Å². The van der Waals surface area contributed by atoms with Crippen LogP contribution < -0.4 is 0 Å². The first-order valence-electron chi connectivity index (χ1n) is 7.55. The molecule has 1 aliphatic heterocycles. The van der Waals surface area contributed by atoms with Crippen molar-refractivity contribution >= 4 is 23.9 Å². The number of hydrogen-bond donors (Lipinski definition) is 5. The van der Waals surface area contributed by atoms with Crippen molar-refractivity contribution in [2.24, 2.45) is 0 Å². The highest BCUT2D eigenvalue weighted by molar-refractivity contribution is 5.69. The fraction of sp³-hybridized carbons (Fsp3) is 0.714. The molecule has 0 bridgehead atoms.